The van der Waals surface area contributed by atoms with Gasteiger partial charge in [-0.3, -0.25) is 0 Å². The standard InChI is InChI=1S/C52H84N2.2C3H8N.Pd/c1-7-13-19-23-24-30-36-50-49(35-29-22-16-10-4)51(47-39-43(31-25-17-11-5)37-45(41-47)33-27-20-14-8-2)54(53)52(50)48-40-44(32-26-18-12-6)38-46(42-48)34-28-21-15-9-3;2*1-3-4-2;/h37-42H,7-36H2,1-6H3;2*3H2,1-2H3;/q;2*-1;+2. The first-order valence-electron chi connectivity index (χ1n) is 26.9. The first-order chi connectivity index (χ1) is 30.7. The van der Waals surface area contributed by atoms with Gasteiger partial charge in [0.25, 0.3) is 0 Å². The Balaban J connectivity index is 0.00000136. The van der Waals surface area contributed by atoms with Crippen molar-refractivity contribution in [3.05, 3.63) is 86.5 Å². The first kappa shape index (κ1) is 57.2. The van der Waals surface area contributed by atoms with Crippen molar-refractivity contribution in [2.45, 2.75) is 248 Å². The molecule has 0 bridgehead atoms. The van der Waals surface area contributed by atoms with Crippen LogP contribution >= 0.6 is 0 Å². The van der Waals surface area contributed by atoms with E-state index in [2.05, 4.69) is 113 Å². The molecule has 1 heterocycles. The van der Waals surface area contributed by atoms with Crippen LogP contribution in [-0.2, 0) is 44.2 Å². The zero-order valence-corrected chi connectivity index (χ0v) is 44.8. The van der Waals surface area contributed by atoms with E-state index in [1.54, 1.807) is 4.70 Å². The molecule has 0 N–H and O–H groups in total. The summed E-state index contributed by atoms with van der Waals surface area (Å²) in [7, 11) is 4.31. The summed E-state index contributed by atoms with van der Waals surface area (Å²) in [6, 6.07) is 14.8. The average Bonchev–Trinajstić information content (AvgIpc) is 3.56. The average molecular weight is 960 g/mol. The van der Waals surface area contributed by atoms with E-state index in [1.807, 2.05) is 0 Å². The van der Waals surface area contributed by atoms with Crippen molar-refractivity contribution in [1.29, 1.82) is 0 Å². The van der Waals surface area contributed by atoms with Crippen LogP contribution in [0.5, 0.6) is 0 Å². The summed E-state index contributed by atoms with van der Waals surface area (Å²) in [6.45, 7) is 20.5. The third kappa shape index (κ3) is 22.9. The summed E-state index contributed by atoms with van der Waals surface area (Å²) in [5.74, 6) is 0. The summed E-state index contributed by atoms with van der Waals surface area (Å²) in [5.41, 5.74) is 26.1. The van der Waals surface area contributed by atoms with Crippen molar-refractivity contribution in [2.24, 2.45) is 0 Å². The number of nitrogens with zero attached hydrogens (tertiary/aromatic N) is 4. The van der Waals surface area contributed by atoms with E-state index < -0.39 is 0 Å². The maximum absolute atomic E-state index is 12.8. The Bertz CT molecular complexity index is 1560. The number of allylic oxidation sites excluding steroid dienone is 2. The van der Waals surface area contributed by atoms with Crippen molar-refractivity contribution in [3.8, 4) is 0 Å². The molecule has 0 fully saturated rings. The van der Waals surface area contributed by atoms with E-state index in [9.17, 15) is 5.53 Å². The molecule has 0 aromatic heterocycles. The second-order valence-corrected chi connectivity index (χ2v) is 21.4. The van der Waals surface area contributed by atoms with Gasteiger partial charge < -0.3 is 5.53 Å². The number of rotatable bonds is 36. The monoisotopic (exact) mass is 959 g/mol. The summed E-state index contributed by atoms with van der Waals surface area (Å²) in [6.07, 6.45) is 37.1. The molecule has 0 spiro atoms. The summed E-state index contributed by atoms with van der Waals surface area (Å²) in [5, 5.41) is 0. The molecule has 1 aliphatic heterocycles. The minimum absolute atomic E-state index is 0.663. The molecule has 5 heteroatoms. The van der Waals surface area contributed by atoms with E-state index in [0.717, 1.165) is 63.0 Å². The summed E-state index contributed by atoms with van der Waals surface area (Å²) < 4.78 is 6.37. The molecular weight excluding hydrogens is 859 g/mol. The SMILES string of the molecule is CCCCCCCCC1=C(c2cc(CCCCC)cc(CCCCCC)c2)[N+](=[N-])C(c2cc(CCCCC)cc(CCCCCC)c2)=C1CCCCCC.CC[N](C)[Pd][N](C)CC. The van der Waals surface area contributed by atoms with Crippen molar-refractivity contribution in [3.63, 3.8) is 0 Å². The normalized spacial score (nSPS) is 13.0. The number of hydrogen-bond donors (Lipinski definition) is 0. The fraction of sp³-hybridized carbons (Fsp3) is 0.724. The third-order valence-corrected chi connectivity index (χ3v) is 14.9. The molecule has 3 rings (SSSR count). The Labute approximate surface area is 401 Å². The fourth-order valence-corrected chi connectivity index (χ4v) is 10.3. The quantitative estimate of drug-likeness (QED) is 0.0387. The van der Waals surface area contributed by atoms with E-state index in [-0.39, 0.29) is 0 Å². The van der Waals surface area contributed by atoms with Crippen LogP contribution in [0, 0.1) is 0 Å². The second kappa shape index (κ2) is 36.2. The first-order valence-corrected chi connectivity index (χ1v) is 28.3. The minimum atomic E-state index is 0.663. The molecule has 0 saturated heterocycles. The predicted octanol–water partition coefficient (Wildman–Crippen LogP) is 18.1. The summed E-state index contributed by atoms with van der Waals surface area (Å²) >= 11 is 0.663. The number of aryl methyl sites for hydroxylation is 4. The van der Waals surface area contributed by atoms with Gasteiger partial charge in [-0.05, 0) is 124 Å². The van der Waals surface area contributed by atoms with Crippen molar-refractivity contribution in [2.75, 3.05) is 27.2 Å². The third-order valence-electron chi connectivity index (χ3n) is 12.9. The van der Waals surface area contributed by atoms with Gasteiger partial charge in [0.15, 0.2) is 0 Å². The van der Waals surface area contributed by atoms with Gasteiger partial charge in [-0.1, -0.05) is 169 Å². The summed E-state index contributed by atoms with van der Waals surface area (Å²) in [4.78, 5) is 0. The Kier molecular flexibility index (Phi) is 32.9. The van der Waals surface area contributed by atoms with Gasteiger partial charge in [-0.15, -0.1) is 0 Å². The second-order valence-electron chi connectivity index (χ2n) is 18.7. The van der Waals surface area contributed by atoms with Crippen molar-refractivity contribution >= 4 is 11.4 Å². The fourth-order valence-electron chi connectivity index (χ4n) is 8.92. The van der Waals surface area contributed by atoms with Gasteiger partial charge in [0, 0.05) is 22.3 Å². The molecule has 2 aromatic carbocycles. The van der Waals surface area contributed by atoms with Crippen molar-refractivity contribution in [1.82, 2.24) is 7.07 Å². The number of unbranched alkanes of at least 4 members (excludes halogenated alkanes) is 18. The zero-order chi connectivity index (χ0) is 46.1. The number of benzene rings is 2. The Morgan fingerprint density at radius 3 is 0.937 bits per heavy atom. The maximum atomic E-state index is 12.8. The van der Waals surface area contributed by atoms with Crippen LogP contribution in [0.2, 0.25) is 0 Å². The van der Waals surface area contributed by atoms with Crippen molar-refractivity contribution < 1.29 is 23.2 Å². The van der Waals surface area contributed by atoms with Crippen LogP contribution in [0.4, 0.5) is 0 Å². The molecule has 0 amide bonds. The van der Waals surface area contributed by atoms with Gasteiger partial charge >= 0.3 is 66.6 Å². The van der Waals surface area contributed by atoms with Gasteiger partial charge in [0.05, 0.1) is 0 Å². The molecule has 2 aromatic rings. The van der Waals surface area contributed by atoms with E-state index >= 15 is 0 Å². The molecule has 0 unspecified atom stereocenters. The molecule has 4 nitrogen and oxygen atoms in total. The molecule has 0 aliphatic carbocycles. The van der Waals surface area contributed by atoms with Crippen LogP contribution in [0.1, 0.15) is 256 Å². The van der Waals surface area contributed by atoms with Gasteiger partial charge in [0.1, 0.15) is 0 Å². The van der Waals surface area contributed by atoms with Crippen LogP contribution in [0.25, 0.3) is 16.9 Å². The Hall–Kier alpha value is -1.90. The molecule has 0 radical (unpaired) electrons. The van der Waals surface area contributed by atoms with E-state index in [0.29, 0.717) is 18.5 Å². The van der Waals surface area contributed by atoms with Crippen LogP contribution in [0.3, 0.4) is 0 Å². The molecule has 0 atom stereocenters. The van der Waals surface area contributed by atoms with Crippen LogP contribution in [0.15, 0.2) is 47.5 Å². The van der Waals surface area contributed by atoms with E-state index in [1.165, 1.54) is 199 Å². The van der Waals surface area contributed by atoms with Gasteiger partial charge in [-0.2, -0.15) is 0 Å². The Morgan fingerprint density at radius 2 is 0.619 bits per heavy atom. The molecular formula is C58H100N4Pd. The predicted molar refractivity (Wildman–Crippen MR) is 276 cm³/mol. The number of hydrogen-bond acceptors (Lipinski definition) is 2. The Morgan fingerprint density at radius 1 is 0.365 bits per heavy atom. The molecule has 362 valence electrons. The van der Waals surface area contributed by atoms with Crippen LogP contribution < -0.4 is 0 Å². The van der Waals surface area contributed by atoms with Gasteiger partial charge in [0.2, 0.25) is 11.4 Å². The molecule has 63 heavy (non-hydrogen) atoms. The van der Waals surface area contributed by atoms with Crippen LogP contribution in [-0.4, -0.2) is 38.9 Å². The van der Waals surface area contributed by atoms with E-state index in [4.69, 9.17) is 0 Å². The topological polar surface area (TPSA) is 31.8 Å². The van der Waals surface area contributed by atoms with Gasteiger partial charge in [-0.25, -0.2) is 4.70 Å². The zero-order valence-electron chi connectivity index (χ0n) is 43.2. The molecule has 1 aliphatic rings. The molecule has 0 saturated carbocycles.